The summed E-state index contributed by atoms with van der Waals surface area (Å²) < 4.78 is 0. The van der Waals surface area contributed by atoms with Crippen molar-refractivity contribution < 1.29 is 4.79 Å². The molecule has 1 aliphatic rings. The fraction of sp³-hybridized carbons (Fsp3) is 0.222. The minimum absolute atomic E-state index is 0.0109. The number of aromatic amines is 1. The summed E-state index contributed by atoms with van der Waals surface area (Å²) in [6.07, 6.45) is 5.72. The average Bonchev–Trinajstić information content (AvgIpc) is 3.14. The monoisotopic (exact) mass is 291 g/mol. The highest BCUT2D eigenvalue weighted by molar-refractivity contribution is 5.94. The molecule has 0 unspecified atom stereocenters. The van der Waals surface area contributed by atoms with Crippen LogP contribution >= 0.6 is 0 Å². The van der Waals surface area contributed by atoms with Crippen LogP contribution in [-0.4, -0.2) is 16.1 Å². The number of carbonyl (C=O) groups excluding carboxylic acids is 1. The van der Waals surface area contributed by atoms with Gasteiger partial charge in [0.1, 0.15) is 0 Å². The van der Waals surface area contributed by atoms with E-state index in [0.29, 0.717) is 6.42 Å². The Labute approximate surface area is 128 Å². The van der Waals surface area contributed by atoms with Crippen LogP contribution in [0.3, 0.4) is 0 Å². The van der Waals surface area contributed by atoms with E-state index in [9.17, 15) is 4.79 Å². The van der Waals surface area contributed by atoms with E-state index in [1.54, 1.807) is 6.20 Å². The number of fused-ring (bicyclic) bond motifs is 2. The van der Waals surface area contributed by atoms with Crippen molar-refractivity contribution >= 4 is 22.5 Å². The summed E-state index contributed by atoms with van der Waals surface area (Å²) in [4.78, 5) is 12.2. The summed E-state index contributed by atoms with van der Waals surface area (Å²) in [5, 5.41) is 10.9. The third kappa shape index (κ3) is 2.48. The number of H-pyrrole nitrogens is 1. The highest BCUT2D eigenvalue weighted by Crippen LogP contribution is 2.23. The number of hydrogen-bond donors (Lipinski definition) is 2. The van der Waals surface area contributed by atoms with Crippen LogP contribution in [0.4, 0.5) is 5.69 Å². The quantitative estimate of drug-likeness (QED) is 0.778. The number of amides is 1. The zero-order valence-corrected chi connectivity index (χ0v) is 12.2. The molecule has 22 heavy (non-hydrogen) atoms. The summed E-state index contributed by atoms with van der Waals surface area (Å²) >= 11 is 0. The maximum absolute atomic E-state index is 12.2. The van der Waals surface area contributed by atoms with Crippen molar-refractivity contribution in [1.82, 2.24) is 10.2 Å². The van der Waals surface area contributed by atoms with E-state index in [1.165, 1.54) is 24.0 Å². The second-order valence-corrected chi connectivity index (χ2v) is 5.85. The van der Waals surface area contributed by atoms with Crippen LogP contribution in [0.25, 0.3) is 10.9 Å². The smallest absolute Gasteiger partial charge is 0.228 e. The van der Waals surface area contributed by atoms with Gasteiger partial charge in [-0.15, -0.1) is 0 Å². The van der Waals surface area contributed by atoms with Crippen LogP contribution in [0.2, 0.25) is 0 Å². The minimum Gasteiger partial charge on any atom is -0.326 e. The Morgan fingerprint density at radius 2 is 2.05 bits per heavy atom. The molecule has 1 aliphatic carbocycles. The molecule has 2 aromatic carbocycles. The topological polar surface area (TPSA) is 57.8 Å². The fourth-order valence-electron chi connectivity index (χ4n) is 3.14. The van der Waals surface area contributed by atoms with E-state index >= 15 is 0 Å². The summed E-state index contributed by atoms with van der Waals surface area (Å²) in [6, 6.07) is 12.2. The molecule has 1 amide bonds. The molecule has 3 aromatic rings. The van der Waals surface area contributed by atoms with Gasteiger partial charge in [0, 0.05) is 11.1 Å². The molecule has 0 spiro atoms. The SMILES string of the molecule is O=C(Cc1ccc2c(c1)CCC2)Nc1ccc2cn[nH]c2c1. The number of nitrogens with zero attached hydrogens (tertiary/aromatic N) is 1. The molecule has 0 fully saturated rings. The van der Waals surface area contributed by atoms with Crippen LogP contribution < -0.4 is 5.32 Å². The summed E-state index contributed by atoms with van der Waals surface area (Å²) in [5.74, 6) is 0.0109. The van der Waals surface area contributed by atoms with Gasteiger partial charge in [-0.2, -0.15) is 5.10 Å². The average molecular weight is 291 g/mol. The van der Waals surface area contributed by atoms with Crippen LogP contribution in [0.15, 0.2) is 42.6 Å². The first kappa shape index (κ1) is 13.1. The molecular weight excluding hydrogens is 274 g/mol. The van der Waals surface area contributed by atoms with Crippen molar-refractivity contribution in [3.05, 3.63) is 59.3 Å². The van der Waals surface area contributed by atoms with Gasteiger partial charge >= 0.3 is 0 Å². The second-order valence-electron chi connectivity index (χ2n) is 5.85. The maximum Gasteiger partial charge on any atom is 0.228 e. The van der Waals surface area contributed by atoms with E-state index < -0.39 is 0 Å². The third-order valence-corrected chi connectivity index (χ3v) is 4.25. The lowest BCUT2D eigenvalue weighted by atomic mass is 10.0. The lowest BCUT2D eigenvalue weighted by Gasteiger charge is -2.07. The van der Waals surface area contributed by atoms with Gasteiger partial charge in [-0.25, -0.2) is 0 Å². The number of nitrogens with one attached hydrogen (secondary N) is 2. The van der Waals surface area contributed by atoms with Gasteiger partial charge in [0.05, 0.1) is 18.1 Å². The summed E-state index contributed by atoms with van der Waals surface area (Å²) in [5.41, 5.74) is 5.65. The third-order valence-electron chi connectivity index (χ3n) is 4.25. The predicted molar refractivity (Wildman–Crippen MR) is 86.9 cm³/mol. The Hall–Kier alpha value is -2.62. The Bertz CT molecular complexity index is 850. The first-order chi connectivity index (χ1) is 10.8. The molecule has 1 aromatic heterocycles. The van der Waals surface area contributed by atoms with Gasteiger partial charge < -0.3 is 5.32 Å². The number of benzene rings is 2. The molecule has 4 rings (SSSR count). The number of anilines is 1. The Kier molecular flexibility index (Phi) is 3.15. The molecule has 110 valence electrons. The van der Waals surface area contributed by atoms with E-state index in [4.69, 9.17) is 0 Å². The first-order valence-corrected chi connectivity index (χ1v) is 7.61. The predicted octanol–water partition coefficient (Wildman–Crippen LogP) is 3.23. The van der Waals surface area contributed by atoms with Gasteiger partial charge in [0.15, 0.2) is 0 Å². The van der Waals surface area contributed by atoms with Gasteiger partial charge in [-0.05, 0) is 54.2 Å². The van der Waals surface area contributed by atoms with Crippen molar-refractivity contribution in [2.45, 2.75) is 25.7 Å². The van der Waals surface area contributed by atoms with Crippen LogP contribution in [0, 0.1) is 0 Å². The van der Waals surface area contributed by atoms with Gasteiger partial charge in [0.25, 0.3) is 0 Å². The van der Waals surface area contributed by atoms with E-state index in [1.807, 2.05) is 18.2 Å². The molecule has 4 heteroatoms. The first-order valence-electron chi connectivity index (χ1n) is 7.61. The number of hydrogen-bond acceptors (Lipinski definition) is 2. The molecule has 0 saturated carbocycles. The number of aryl methyl sites for hydroxylation is 2. The van der Waals surface area contributed by atoms with E-state index in [2.05, 4.69) is 33.7 Å². The highest BCUT2D eigenvalue weighted by Gasteiger charge is 2.12. The van der Waals surface area contributed by atoms with Crippen molar-refractivity contribution in [2.24, 2.45) is 0 Å². The van der Waals surface area contributed by atoms with Crippen LogP contribution in [0.5, 0.6) is 0 Å². The zero-order chi connectivity index (χ0) is 14.9. The highest BCUT2D eigenvalue weighted by atomic mass is 16.1. The fourth-order valence-corrected chi connectivity index (χ4v) is 3.14. The largest absolute Gasteiger partial charge is 0.326 e. The minimum atomic E-state index is 0.0109. The molecular formula is C18H17N3O. The lowest BCUT2D eigenvalue weighted by Crippen LogP contribution is -2.14. The van der Waals surface area contributed by atoms with Crippen molar-refractivity contribution in [3.63, 3.8) is 0 Å². The summed E-state index contributed by atoms with van der Waals surface area (Å²) in [6.45, 7) is 0. The normalized spacial score (nSPS) is 13.3. The zero-order valence-electron chi connectivity index (χ0n) is 12.2. The summed E-state index contributed by atoms with van der Waals surface area (Å²) in [7, 11) is 0. The van der Waals surface area contributed by atoms with Gasteiger partial charge in [-0.1, -0.05) is 18.2 Å². The molecule has 0 radical (unpaired) electrons. The molecule has 0 saturated heterocycles. The second kappa shape index (κ2) is 5.30. The number of rotatable bonds is 3. The molecule has 0 aliphatic heterocycles. The standard InChI is InChI=1S/C18H17N3O/c22-18(9-12-4-5-13-2-1-3-14(13)8-12)20-16-7-6-15-11-19-21-17(15)10-16/h4-8,10-11H,1-3,9H2,(H,19,21)(H,20,22). The molecule has 0 bridgehead atoms. The molecule has 2 N–H and O–H groups in total. The van der Waals surface area contributed by atoms with Crippen molar-refractivity contribution in [2.75, 3.05) is 5.32 Å². The maximum atomic E-state index is 12.2. The Balaban J connectivity index is 1.47. The van der Waals surface area contributed by atoms with Crippen LogP contribution in [0.1, 0.15) is 23.1 Å². The van der Waals surface area contributed by atoms with E-state index in [-0.39, 0.29) is 5.91 Å². The number of carbonyl (C=O) groups is 1. The van der Waals surface area contributed by atoms with E-state index in [0.717, 1.165) is 28.6 Å². The molecule has 0 atom stereocenters. The van der Waals surface area contributed by atoms with Gasteiger partial charge in [0.2, 0.25) is 5.91 Å². The Morgan fingerprint density at radius 1 is 1.14 bits per heavy atom. The van der Waals surface area contributed by atoms with Crippen molar-refractivity contribution in [3.8, 4) is 0 Å². The molecule has 4 nitrogen and oxygen atoms in total. The van der Waals surface area contributed by atoms with Gasteiger partial charge in [-0.3, -0.25) is 9.89 Å². The van der Waals surface area contributed by atoms with Crippen LogP contribution in [-0.2, 0) is 24.1 Å². The number of aromatic nitrogens is 2. The molecule has 1 heterocycles. The lowest BCUT2D eigenvalue weighted by molar-refractivity contribution is -0.115. The Morgan fingerprint density at radius 3 is 3.00 bits per heavy atom. The van der Waals surface area contributed by atoms with Crippen molar-refractivity contribution in [1.29, 1.82) is 0 Å².